The maximum atomic E-state index is 12.4. The molecule has 0 bridgehead atoms. The largest absolute Gasteiger partial charge is 0.300 e. The van der Waals surface area contributed by atoms with Crippen molar-refractivity contribution in [2.75, 3.05) is 13.1 Å². The second kappa shape index (κ2) is 5.29. The highest BCUT2D eigenvalue weighted by molar-refractivity contribution is 7.89. The molecule has 0 atom stereocenters. The van der Waals surface area contributed by atoms with Gasteiger partial charge in [0.15, 0.2) is 0 Å². The molecule has 1 fully saturated rings. The number of nitro groups is 1. The zero-order valence-electron chi connectivity index (χ0n) is 10.9. The minimum absolute atomic E-state index is 0.0336. The topological polar surface area (TPSA) is 97.6 Å². The van der Waals surface area contributed by atoms with Crippen molar-refractivity contribution in [3.05, 3.63) is 33.9 Å². The van der Waals surface area contributed by atoms with Gasteiger partial charge >= 0.3 is 0 Å². The second-order valence-corrected chi connectivity index (χ2v) is 6.59. The number of rotatable bonds is 3. The van der Waals surface area contributed by atoms with E-state index in [1.807, 2.05) is 0 Å². The molecule has 0 spiro atoms. The number of benzene rings is 1. The Hall–Kier alpha value is -1.80. The van der Waals surface area contributed by atoms with Crippen LogP contribution in [0.5, 0.6) is 0 Å². The predicted molar refractivity (Wildman–Crippen MR) is 70.8 cm³/mol. The van der Waals surface area contributed by atoms with Crippen molar-refractivity contribution in [3.8, 4) is 0 Å². The lowest BCUT2D eigenvalue weighted by Crippen LogP contribution is -2.38. The van der Waals surface area contributed by atoms with E-state index in [0.29, 0.717) is 5.56 Å². The van der Waals surface area contributed by atoms with E-state index in [9.17, 15) is 23.3 Å². The van der Waals surface area contributed by atoms with E-state index in [2.05, 4.69) is 0 Å². The predicted octanol–water partition coefficient (Wildman–Crippen LogP) is 1.26. The number of piperidine rings is 1. The number of carbonyl (C=O) groups excluding carboxylic acids is 1. The summed E-state index contributed by atoms with van der Waals surface area (Å²) in [7, 11) is -3.78. The lowest BCUT2D eigenvalue weighted by atomic mass is 10.1. The van der Waals surface area contributed by atoms with Crippen LogP contribution in [0.15, 0.2) is 23.1 Å². The molecule has 108 valence electrons. The van der Waals surface area contributed by atoms with Crippen LogP contribution in [0.1, 0.15) is 18.4 Å². The van der Waals surface area contributed by atoms with Gasteiger partial charge in [0.05, 0.1) is 9.82 Å². The lowest BCUT2D eigenvalue weighted by molar-refractivity contribution is -0.385. The monoisotopic (exact) mass is 298 g/mol. The third-order valence-corrected chi connectivity index (χ3v) is 5.19. The fraction of sp³-hybridized carbons (Fsp3) is 0.417. The number of nitrogens with zero attached hydrogens (tertiary/aromatic N) is 2. The van der Waals surface area contributed by atoms with E-state index in [-0.39, 0.29) is 42.3 Å². The van der Waals surface area contributed by atoms with Gasteiger partial charge in [0, 0.05) is 37.6 Å². The first-order valence-corrected chi connectivity index (χ1v) is 7.53. The Bertz CT molecular complexity index is 658. The molecular weight excluding hydrogens is 284 g/mol. The number of aryl methyl sites for hydroxylation is 1. The van der Waals surface area contributed by atoms with Crippen molar-refractivity contribution in [2.45, 2.75) is 24.7 Å². The molecule has 1 saturated heterocycles. The summed E-state index contributed by atoms with van der Waals surface area (Å²) in [4.78, 5) is 21.3. The molecule has 1 aliphatic heterocycles. The van der Waals surface area contributed by atoms with Gasteiger partial charge in [-0.2, -0.15) is 4.31 Å². The van der Waals surface area contributed by atoms with Gasteiger partial charge in [0.1, 0.15) is 5.78 Å². The Balaban J connectivity index is 2.37. The van der Waals surface area contributed by atoms with E-state index in [0.717, 1.165) is 6.07 Å². The Labute approximate surface area is 116 Å². The van der Waals surface area contributed by atoms with Gasteiger partial charge in [-0.15, -0.1) is 0 Å². The molecule has 0 radical (unpaired) electrons. The third kappa shape index (κ3) is 2.70. The summed E-state index contributed by atoms with van der Waals surface area (Å²) >= 11 is 0. The van der Waals surface area contributed by atoms with Crippen LogP contribution in [0.4, 0.5) is 5.69 Å². The Morgan fingerprint density at radius 3 is 2.40 bits per heavy atom. The normalized spacial score (nSPS) is 17.1. The number of nitro benzene ring substituents is 1. The highest BCUT2D eigenvalue weighted by atomic mass is 32.2. The van der Waals surface area contributed by atoms with Gasteiger partial charge < -0.3 is 0 Å². The molecule has 8 heteroatoms. The summed E-state index contributed by atoms with van der Waals surface area (Å²) in [6, 6.07) is 3.84. The minimum Gasteiger partial charge on any atom is -0.300 e. The summed E-state index contributed by atoms with van der Waals surface area (Å²) in [6.07, 6.45) is 0.375. The smallest absolute Gasteiger partial charge is 0.273 e. The van der Waals surface area contributed by atoms with E-state index >= 15 is 0 Å². The number of Topliss-reactive ketones (excluding diaryl/α,β-unsaturated/α-hetero) is 1. The molecule has 1 aromatic carbocycles. The molecule has 0 aliphatic carbocycles. The van der Waals surface area contributed by atoms with Crippen molar-refractivity contribution in [1.82, 2.24) is 4.31 Å². The zero-order chi connectivity index (χ0) is 14.9. The highest BCUT2D eigenvalue weighted by Gasteiger charge is 2.29. The van der Waals surface area contributed by atoms with Crippen LogP contribution >= 0.6 is 0 Å². The lowest BCUT2D eigenvalue weighted by Gasteiger charge is -2.25. The van der Waals surface area contributed by atoms with E-state index < -0.39 is 14.9 Å². The van der Waals surface area contributed by atoms with Crippen molar-refractivity contribution in [2.24, 2.45) is 0 Å². The number of sulfonamides is 1. The van der Waals surface area contributed by atoms with Crippen LogP contribution in [0.25, 0.3) is 0 Å². The fourth-order valence-electron chi connectivity index (χ4n) is 2.07. The summed E-state index contributed by atoms with van der Waals surface area (Å²) < 4.78 is 25.9. The molecule has 0 N–H and O–H groups in total. The molecule has 20 heavy (non-hydrogen) atoms. The maximum absolute atomic E-state index is 12.4. The Morgan fingerprint density at radius 2 is 1.85 bits per heavy atom. The first kappa shape index (κ1) is 14.6. The molecule has 0 amide bonds. The number of hydrogen-bond donors (Lipinski definition) is 0. The molecule has 1 aromatic rings. The van der Waals surface area contributed by atoms with Crippen LogP contribution in [0.2, 0.25) is 0 Å². The number of ketones is 1. The van der Waals surface area contributed by atoms with Crippen molar-refractivity contribution in [3.63, 3.8) is 0 Å². The molecule has 2 rings (SSSR count). The van der Waals surface area contributed by atoms with Crippen LogP contribution in [-0.2, 0) is 14.8 Å². The summed E-state index contributed by atoms with van der Waals surface area (Å²) in [5.74, 6) is 0.0336. The number of hydrogen-bond acceptors (Lipinski definition) is 5. The molecule has 0 unspecified atom stereocenters. The maximum Gasteiger partial charge on any atom is 0.273 e. The van der Waals surface area contributed by atoms with E-state index in [1.165, 1.54) is 16.4 Å². The quantitative estimate of drug-likeness (QED) is 0.618. The van der Waals surface area contributed by atoms with Crippen molar-refractivity contribution in [1.29, 1.82) is 0 Å². The SMILES string of the molecule is Cc1ccc(S(=O)(=O)N2CCC(=O)CC2)cc1[N+](=O)[O-]. The van der Waals surface area contributed by atoms with Crippen LogP contribution in [-0.4, -0.2) is 36.5 Å². The molecule has 1 aliphatic rings. The van der Waals surface area contributed by atoms with E-state index in [1.54, 1.807) is 6.92 Å². The fourth-order valence-corrected chi connectivity index (χ4v) is 3.53. The standard InChI is InChI=1S/C12H14N2O5S/c1-9-2-3-11(8-12(9)14(16)17)20(18,19)13-6-4-10(15)5-7-13/h2-3,8H,4-7H2,1H3. The van der Waals surface area contributed by atoms with Gasteiger partial charge in [-0.1, -0.05) is 6.07 Å². The molecule has 7 nitrogen and oxygen atoms in total. The second-order valence-electron chi connectivity index (χ2n) is 4.65. The van der Waals surface area contributed by atoms with Gasteiger partial charge in [-0.3, -0.25) is 14.9 Å². The van der Waals surface area contributed by atoms with Crippen LogP contribution in [0.3, 0.4) is 0 Å². The highest BCUT2D eigenvalue weighted by Crippen LogP contribution is 2.25. The van der Waals surface area contributed by atoms with Crippen LogP contribution < -0.4 is 0 Å². The van der Waals surface area contributed by atoms with Gasteiger partial charge in [-0.25, -0.2) is 8.42 Å². The van der Waals surface area contributed by atoms with Gasteiger partial charge in [0.2, 0.25) is 10.0 Å². The summed E-state index contributed by atoms with van der Waals surface area (Å²) in [6.45, 7) is 1.81. The average molecular weight is 298 g/mol. The molecular formula is C12H14N2O5S. The summed E-state index contributed by atoms with van der Waals surface area (Å²) in [5.41, 5.74) is 0.182. The molecule has 0 saturated carbocycles. The van der Waals surface area contributed by atoms with Crippen molar-refractivity contribution >= 4 is 21.5 Å². The average Bonchev–Trinajstić information content (AvgIpc) is 2.39. The molecule has 0 aromatic heterocycles. The minimum atomic E-state index is -3.78. The van der Waals surface area contributed by atoms with Gasteiger partial charge in [0.25, 0.3) is 5.69 Å². The number of carbonyl (C=O) groups is 1. The molecule has 1 heterocycles. The zero-order valence-corrected chi connectivity index (χ0v) is 11.7. The van der Waals surface area contributed by atoms with E-state index in [4.69, 9.17) is 0 Å². The Morgan fingerprint density at radius 1 is 1.25 bits per heavy atom. The first-order chi connectivity index (χ1) is 9.32. The summed E-state index contributed by atoms with van der Waals surface area (Å²) in [5, 5.41) is 10.9. The van der Waals surface area contributed by atoms with Crippen molar-refractivity contribution < 1.29 is 18.1 Å². The third-order valence-electron chi connectivity index (χ3n) is 3.30. The Kier molecular flexibility index (Phi) is 3.87. The van der Waals surface area contributed by atoms with Crippen LogP contribution in [0, 0.1) is 17.0 Å². The first-order valence-electron chi connectivity index (χ1n) is 6.09. The van der Waals surface area contributed by atoms with Gasteiger partial charge in [-0.05, 0) is 13.0 Å².